The molecule has 1 aromatic rings. The summed E-state index contributed by atoms with van der Waals surface area (Å²) in [5.74, 6) is 0.660. The molecule has 5 nitrogen and oxygen atoms in total. The Morgan fingerprint density at radius 3 is 2.56 bits per heavy atom. The number of rotatable bonds is 5. The molecule has 1 aliphatic heterocycles. The van der Waals surface area contributed by atoms with E-state index in [1.54, 1.807) is 0 Å². The Balaban J connectivity index is 0.00000225. The molecule has 6 heteroatoms. The van der Waals surface area contributed by atoms with E-state index in [0.29, 0.717) is 18.0 Å². The maximum atomic E-state index is 11.7. The number of hydrogen-bond acceptors (Lipinski definition) is 4. The van der Waals surface area contributed by atoms with E-state index in [9.17, 15) is 4.79 Å². The number of hydrogen-bond donors (Lipinski definition) is 3. The minimum atomic E-state index is -0.00717. The highest BCUT2D eigenvalue weighted by molar-refractivity contribution is 5.92. The number of anilines is 2. The van der Waals surface area contributed by atoms with Crippen LogP contribution in [0.4, 0.5) is 11.4 Å². The number of halogens is 1. The number of carbonyl (C=O) groups excluding carboxylic acids is 1. The van der Waals surface area contributed by atoms with Gasteiger partial charge in [0.05, 0.1) is 13.2 Å². The Bertz CT molecular complexity index is 544. The second kappa shape index (κ2) is 9.41. The van der Waals surface area contributed by atoms with Crippen molar-refractivity contribution in [3.63, 3.8) is 0 Å². The van der Waals surface area contributed by atoms with E-state index in [1.807, 2.05) is 26.0 Å². The van der Waals surface area contributed by atoms with Gasteiger partial charge in [0.25, 0.3) is 0 Å². The fourth-order valence-electron chi connectivity index (χ4n) is 3.66. The van der Waals surface area contributed by atoms with Gasteiger partial charge in [-0.25, -0.2) is 0 Å². The van der Waals surface area contributed by atoms with E-state index in [1.165, 1.54) is 19.3 Å². The molecule has 0 aromatic heterocycles. The molecule has 25 heavy (non-hydrogen) atoms. The molecule has 1 saturated carbocycles. The Morgan fingerprint density at radius 2 is 1.92 bits per heavy atom. The largest absolute Gasteiger partial charge is 0.382 e. The summed E-state index contributed by atoms with van der Waals surface area (Å²) in [6.45, 7) is 6.40. The lowest BCUT2D eigenvalue weighted by Crippen LogP contribution is -2.49. The van der Waals surface area contributed by atoms with E-state index in [-0.39, 0.29) is 24.2 Å². The molecule has 2 fully saturated rings. The SMILES string of the molecule is CC(C)C(=O)Nc1ccc(NC2CCCC2C2COCCN2)cc1.Cl. The molecule has 1 aliphatic carbocycles. The first-order valence-corrected chi connectivity index (χ1v) is 9.12. The number of morpholine rings is 1. The van der Waals surface area contributed by atoms with Gasteiger partial charge < -0.3 is 20.7 Å². The van der Waals surface area contributed by atoms with Gasteiger partial charge in [-0.1, -0.05) is 20.3 Å². The predicted octanol–water partition coefficient (Wildman–Crippen LogP) is 3.27. The highest BCUT2D eigenvalue weighted by Crippen LogP contribution is 2.32. The molecule has 1 amide bonds. The molecule has 1 heterocycles. The molecule has 0 bridgehead atoms. The van der Waals surface area contributed by atoms with Crippen LogP contribution in [0.5, 0.6) is 0 Å². The van der Waals surface area contributed by atoms with Crippen LogP contribution in [0.2, 0.25) is 0 Å². The van der Waals surface area contributed by atoms with Crippen LogP contribution in [-0.4, -0.2) is 37.7 Å². The van der Waals surface area contributed by atoms with Crippen molar-refractivity contribution >= 4 is 29.7 Å². The molecule has 2 aliphatic rings. The maximum Gasteiger partial charge on any atom is 0.226 e. The van der Waals surface area contributed by atoms with Gasteiger partial charge in [-0.2, -0.15) is 0 Å². The Morgan fingerprint density at radius 1 is 1.20 bits per heavy atom. The molecule has 3 atom stereocenters. The summed E-state index contributed by atoms with van der Waals surface area (Å²) < 4.78 is 5.63. The lowest BCUT2D eigenvalue weighted by atomic mass is 9.94. The number of benzene rings is 1. The molecule has 3 N–H and O–H groups in total. The molecule has 140 valence electrons. The number of nitrogens with one attached hydrogen (secondary N) is 3. The fraction of sp³-hybridized carbons (Fsp3) is 0.632. The summed E-state index contributed by atoms with van der Waals surface area (Å²) in [6.07, 6.45) is 3.72. The van der Waals surface area contributed by atoms with Gasteiger partial charge >= 0.3 is 0 Å². The summed E-state index contributed by atoms with van der Waals surface area (Å²) in [5.41, 5.74) is 1.97. The third-order valence-electron chi connectivity index (χ3n) is 5.07. The number of ether oxygens (including phenoxy) is 1. The Kier molecular flexibility index (Phi) is 7.54. The first-order valence-electron chi connectivity index (χ1n) is 9.12. The van der Waals surface area contributed by atoms with Gasteiger partial charge in [0.1, 0.15) is 0 Å². The fourth-order valence-corrected chi connectivity index (χ4v) is 3.66. The monoisotopic (exact) mass is 367 g/mol. The average molecular weight is 368 g/mol. The quantitative estimate of drug-likeness (QED) is 0.747. The van der Waals surface area contributed by atoms with Gasteiger partial charge in [-0.05, 0) is 43.0 Å². The van der Waals surface area contributed by atoms with Crippen LogP contribution in [0.3, 0.4) is 0 Å². The van der Waals surface area contributed by atoms with Gasteiger partial charge in [-0.3, -0.25) is 4.79 Å². The minimum Gasteiger partial charge on any atom is -0.382 e. The van der Waals surface area contributed by atoms with Crippen molar-refractivity contribution in [2.24, 2.45) is 11.8 Å². The molecule has 0 spiro atoms. The smallest absolute Gasteiger partial charge is 0.226 e. The molecular weight excluding hydrogens is 338 g/mol. The first-order chi connectivity index (χ1) is 11.6. The highest BCUT2D eigenvalue weighted by atomic mass is 35.5. The van der Waals surface area contributed by atoms with E-state index in [0.717, 1.165) is 31.1 Å². The summed E-state index contributed by atoms with van der Waals surface area (Å²) in [5, 5.41) is 10.2. The van der Waals surface area contributed by atoms with E-state index in [2.05, 4.69) is 28.1 Å². The Labute approximate surface area is 156 Å². The lowest BCUT2D eigenvalue weighted by Gasteiger charge is -2.33. The van der Waals surface area contributed by atoms with Crippen molar-refractivity contribution in [2.45, 2.75) is 45.2 Å². The zero-order valence-electron chi connectivity index (χ0n) is 15.1. The standard InChI is InChI=1S/C19H29N3O2.ClH/c1-13(2)19(23)22-15-8-6-14(7-9-15)21-17-5-3-4-16(17)18-12-24-11-10-20-18;/h6-9,13,16-18,20-21H,3-5,10-12H2,1-2H3,(H,22,23);1H. The normalized spacial score (nSPS) is 26.1. The van der Waals surface area contributed by atoms with Gasteiger partial charge in [0.15, 0.2) is 0 Å². The van der Waals surface area contributed by atoms with Crippen molar-refractivity contribution in [3.8, 4) is 0 Å². The van der Waals surface area contributed by atoms with E-state index < -0.39 is 0 Å². The average Bonchev–Trinajstić information content (AvgIpc) is 3.05. The highest BCUT2D eigenvalue weighted by Gasteiger charge is 2.34. The third-order valence-corrected chi connectivity index (χ3v) is 5.07. The van der Waals surface area contributed by atoms with Gasteiger partial charge in [-0.15, -0.1) is 12.4 Å². The summed E-state index contributed by atoms with van der Waals surface area (Å²) in [4.78, 5) is 11.7. The van der Waals surface area contributed by atoms with Crippen molar-refractivity contribution in [1.29, 1.82) is 0 Å². The van der Waals surface area contributed by atoms with Gasteiger partial charge in [0, 0.05) is 35.9 Å². The van der Waals surface area contributed by atoms with Crippen LogP contribution >= 0.6 is 12.4 Å². The van der Waals surface area contributed by atoms with Crippen molar-refractivity contribution in [1.82, 2.24) is 5.32 Å². The first kappa shape index (κ1) is 20.0. The van der Waals surface area contributed by atoms with Crippen molar-refractivity contribution < 1.29 is 9.53 Å². The van der Waals surface area contributed by atoms with Crippen LogP contribution in [0, 0.1) is 11.8 Å². The maximum absolute atomic E-state index is 11.7. The lowest BCUT2D eigenvalue weighted by molar-refractivity contribution is -0.118. The molecule has 0 radical (unpaired) electrons. The van der Waals surface area contributed by atoms with E-state index in [4.69, 9.17) is 4.74 Å². The van der Waals surface area contributed by atoms with Crippen LogP contribution in [0.25, 0.3) is 0 Å². The second-order valence-electron chi connectivity index (χ2n) is 7.20. The second-order valence-corrected chi connectivity index (χ2v) is 7.20. The summed E-state index contributed by atoms with van der Waals surface area (Å²) in [6, 6.07) is 8.98. The van der Waals surface area contributed by atoms with Crippen molar-refractivity contribution in [3.05, 3.63) is 24.3 Å². The van der Waals surface area contributed by atoms with E-state index >= 15 is 0 Å². The molecule has 1 aromatic carbocycles. The van der Waals surface area contributed by atoms with Crippen LogP contribution < -0.4 is 16.0 Å². The van der Waals surface area contributed by atoms with Crippen LogP contribution in [0.1, 0.15) is 33.1 Å². The summed E-state index contributed by atoms with van der Waals surface area (Å²) in [7, 11) is 0. The molecule has 3 unspecified atom stereocenters. The zero-order valence-corrected chi connectivity index (χ0v) is 15.9. The predicted molar refractivity (Wildman–Crippen MR) is 105 cm³/mol. The van der Waals surface area contributed by atoms with Gasteiger partial charge in [0.2, 0.25) is 5.91 Å². The van der Waals surface area contributed by atoms with Crippen molar-refractivity contribution in [2.75, 3.05) is 30.4 Å². The molecule has 1 saturated heterocycles. The number of carbonyl (C=O) groups is 1. The topological polar surface area (TPSA) is 62.4 Å². The summed E-state index contributed by atoms with van der Waals surface area (Å²) >= 11 is 0. The Hall–Kier alpha value is -1.30. The van der Waals surface area contributed by atoms with Crippen LogP contribution in [-0.2, 0) is 9.53 Å². The number of amides is 1. The zero-order chi connectivity index (χ0) is 16.9. The molecular formula is C19H30ClN3O2. The molecule has 3 rings (SSSR count). The minimum absolute atomic E-state index is 0. The third kappa shape index (κ3) is 5.33. The van der Waals surface area contributed by atoms with Crippen LogP contribution in [0.15, 0.2) is 24.3 Å².